The molecule has 3 aromatic carbocycles. The Hall–Kier alpha value is -3.44. The van der Waals surface area contributed by atoms with Crippen molar-refractivity contribution in [1.82, 2.24) is 4.98 Å². The average molecular weight is 461 g/mol. The van der Waals surface area contributed by atoms with Crippen molar-refractivity contribution >= 4 is 28.9 Å². The molecule has 0 radical (unpaired) electrons. The van der Waals surface area contributed by atoms with Gasteiger partial charge in [-0.1, -0.05) is 42.5 Å². The Balaban J connectivity index is 0.00000228. The number of rotatable bonds is 2. The second-order valence-electron chi connectivity index (χ2n) is 8.55. The molecule has 6 rings (SSSR count). The summed E-state index contributed by atoms with van der Waals surface area (Å²) >= 11 is 0. The number of hydrogen-bond donors (Lipinski definition) is 2. The topological polar surface area (TPSA) is 77.6 Å². The van der Waals surface area contributed by atoms with Crippen molar-refractivity contribution in [2.45, 2.75) is 31.6 Å². The molecule has 0 saturated heterocycles. The summed E-state index contributed by atoms with van der Waals surface area (Å²) in [7, 11) is 1.56. The van der Waals surface area contributed by atoms with Crippen molar-refractivity contribution in [2.75, 3.05) is 12.8 Å². The zero-order chi connectivity index (χ0) is 21.8. The fraction of sp³-hybridized carbons (Fsp3) is 0.222. The van der Waals surface area contributed by atoms with Crippen LogP contribution in [0.3, 0.4) is 0 Å². The molecule has 1 aromatic heterocycles. The highest BCUT2D eigenvalue weighted by Crippen LogP contribution is 2.53. The number of halogens is 1. The monoisotopic (exact) mass is 460 g/mol. The van der Waals surface area contributed by atoms with E-state index in [2.05, 4.69) is 24.3 Å². The molecular formula is C27H25ClN2O3. The molecule has 3 N–H and O–H groups in total. The Bertz CT molecular complexity index is 1390. The number of pyridine rings is 1. The van der Waals surface area contributed by atoms with E-state index >= 15 is 0 Å². The van der Waals surface area contributed by atoms with Crippen LogP contribution in [-0.2, 0) is 12.8 Å². The minimum atomic E-state index is -0.174. The molecule has 6 heteroatoms. The van der Waals surface area contributed by atoms with Crippen LogP contribution in [0.2, 0.25) is 0 Å². The van der Waals surface area contributed by atoms with E-state index in [4.69, 9.17) is 20.2 Å². The van der Waals surface area contributed by atoms with Gasteiger partial charge in [0.05, 0.1) is 7.11 Å². The lowest BCUT2D eigenvalue weighted by atomic mass is 9.80. The molecule has 0 amide bonds. The van der Waals surface area contributed by atoms with Crippen molar-refractivity contribution in [3.63, 3.8) is 0 Å². The molecule has 1 atom stereocenters. The summed E-state index contributed by atoms with van der Waals surface area (Å²) in [5.41, 5.74) is 12.7. The van der Waals surface area contributed by atoms with Crippen LogP contribution in [0.5, 0.6) is 23.1 Å². The number of phenols is 1. The molecule has 0 fully saturated rings. The highest BCUT2D eigenvalue weighted by Gasteiger charge is 2.35. The number of aromatic nitrogens is 1. The van der Waals surface area contributed by atoms with E-state index in [9.17, 15) is 5.11 Å². The van der Waals surface area contributed by atoms with E-state index in [1.807, 2.05) is 24.3 Å². The highest BCUT2D eigenvalue weighted by molar-refractivity contribution is 5.91. The number of ether oxygens (including phenoxy) is 2. The molecule has 2 aliphatic rings. The average Bonchev–Trinajstić information content (AvgIpc) is 2.83. The minimum absolute atomic E-state index is 0. The number of hydrogen-bond acceptors (Lipinski definition) is 5. The summed E-state index contributed by atoms with van der Waals surface area (Å²) in [6.45, 7) is 0. The van der Waals surface area contributed by atoms with Gasteiger partial charge in [-0.15, -0.1) is 12.4 Å². The fourth-order valence-corrected chi connectivity index (χ4v) is 5.19. The number of nitrogen functional groups attached to an aromatic ring is 1. The lowest BCUT2D eigenvalue weighted by molar-refractivity contribution is 0.372. The molecule has 0 bridgehead atoms. The molecule has 0 spiro atoms. The van der Waals surface area contributed by atoms with E-state index in [-0.39, 0.29) is 24.1 Å². The largest absolute Gasteiger partial charge is 0.504 e. The standard InChI is InChI=1S/C27H24N2O3.ClH/c1-31-22-14-16(11-13-21(22)30)23-19-12-10-15-6-2-3-7-17(15)26(19)32-27-24(23)25(28)18-8-4-5-9-20(18)29-27;/h2-3,6-7,10-14,23,30H,4-5,8-9H2,1H3,(H2,28,29);1H. The van der Waals surface area contributed by atoms with E-state index < -0.39 is 0 Å². The van der Waals surface area contributed by atoms with Crippen molar-refractivity contribution in [3.8, 4) is 23.1 Å². The van der Waals surface area contributed by atoms with Crippen LogP contribution in [0.1, 0.15) is 46.7 Å². The van der Waals surface area contributed by atoms with Gasteiger partial charge >= 0.3 is 0 Å². The zero-order valence-electron chi connectivity index (χ0n) is 18.3. The molecule has 5 nitrogen and oxygen atoms in total. The van der Waals surface area contributed by atoms with Crippen molar-refractivity contribution < 1.29 is 14.6 Å². The van der Waals surface area contributed by atoms with Crippen LogP contribution in [0.15, 0.2) is 54.6 Å². The predicted molar refractivity (Wildman–Crippen MR) is 132 cm³/mol. The third-order valence-corrected chi connectivity index (χ3v) is 6.77. The number of nitrogens with two attached hydrogens (primary N) is 1. The van der Waals surface area contributed by atoms with Gasteiger partial charge in [0.15, 0.2) is 11.5 Å². The van der Waals surface area contributed by atoms with Crippen LogP contribution in [0, 0.1) is 0 Å². The maximum Gasteiger partial charge on any atom is 0.225 e. The summed E-state index contributed by atoms with van der Waals surface area (Å²) in [6.07, 6.45) is 4.11. The quantitative estimate of drug-likeness (QED) is 0.332. The number of aryl methyl sites for hydroxylation is 1. The normalized spacial score (nSPS) is 16.1. The summed E-state index contributed by atoms with van der Waals surface area (Å²) in [6, 6.07) is 17.9. The van der Waals surface area contributed by atoms with Gasteiger partial charge in [0.1, 0.15) is 5.75 Å². The second-order valence-corrected chi connectivity index (χ2v) is 8.55. The van der Waals surface area contributed by atoms with Crippen LogP contribution in [0.25, 0.3) is 10.8 Å². The Morgan fingerprint density at radius 1 is 1.06 bits per heavy atom. The smallest absolute Gasteiger partial charge is 0.225 e. The third-order valence-electron chi connectivity index (χ3n) is 6.77. The molecule has 168 valence electrons. The molecule has 1 unspecified atom stereocenters. The maximum absolute atomic E-state index is 10.2. The van der Waals surface area contributed by atoms with Crippen LogP contribution in [0.4, 0.5) is 5.69 Å². The number of nitrogens with zero attached hydrogens (tertiary/aromatic N) is 1. The first-order valence-electron chi connectivity index (χ1n) is 11.0. The number of aromatic hydroxyl groups is 1. The fourth-order valence-electron chi connectivity index (χ4n) is 5.19. The van der Waals surface area contributed by atoms with Crippen LogP contribution < -0.4 is 15.2 Å². The molecule has 1 aliphatic carbocycles. The van der Waals surface area contributed by atoms with E-state index in [1.165, 1.54) is 0 Å². The first kappa shape index (κ1) is 21.4. The van der Waals surface area contributed by atoms with E-state index in [0.29, 0.717) is 11.6 Å². The van der Waals surface area contributed by atoms with Gasteiger partial charge in [-0.2, -0.15) is 0 Å². The highest BCUT2D eigenvalue weighted by atomic mass is 35.5. The van der Waals surface area contributed by atoms with Gasteiger partial charge < -0.3 is 20.3 Å². The molecular weight excluding hydrogens is 436 g/mol. The number of anilines is 1. The molecule has 2 heterocycles. The Morgan fingerprint density at radius 2 is 1.88 bits per heavy atom. The predicted octanol–water partition coefficient (Wildman–Crippen LogP) is 6.12. The van der Waals surface area contributed by atoms with Crippen molar-refractivity contribution in [2.24, 2.45) is 0 Å². The number of fused-ring (bicyclic) bond motifs is 5. The van der Waals surface area contributed by atoms with Gasteiger partial charge in [0.25, 0.3) is 0 Å². The second kappa shape index (κ2) is 8.16. The maximum atomic E-state index is 10.2. The number of phenolic OH excluding ortho intramolecular Hbond substituents is 1. The molecule has 4 aromatic rings. The van der Waals surface area contributed by atoms with Crippen LogP contribution >= 0.6 is 12.4 Å². The van der Waals surface area contributed by atoms with Crippen molar-refractivity contribution in [3.05, 3.63) is 82.5 Å². The molecule has 1 aliphatic heterocycles. The number of methoxy groups -OCH3 is 1. The van der Waals surface area contributed by atoms with E-state index in [0.717, 1.165) is 75.8 Å². The lowest BCUT2D eigenvalue weighted by Crippen LogP contribution is -2.19. The minimum Gasteiger partial charge on any atom is -0.504 e. The summed E-state index contributed by atoms with van der Waals surface area (Å²) in [5, 5.41) is 12.4. The van der Waals surface area contributed by atoms with Crippen LogP contribution in [-0.4, -0.2) is 17.2 Å². The Kier molecular flexibility index (Phi) is 5.29. The summed E-state index contributed by atoms with van der Waals surface area (Å²) in [5.74, 6) is 1.77. The first-order chi connectivity index (χ1) is 15.7. The van der Waals surface area contributed by atoms with Gasteiger partial charge in [0.2, 0.25) is 5.88 Å². The summed E-state index contributed by atoms with van der Waals surface area (Å²) in [4.78, 5) is 4.97. The molecule has 0 saturated carbocycles. The lowest BCUT2D eigenvalue weighted by Gasteiger charge is -2.32. The molecule has 33 heavy (non-hydrogen) atoms. The Labute approximate surface area is 198 Å². The third kappa shape index (κ3) is 3.26. The SMILES string of the molecule is COc1cc(C2c3ccc4ccccc4c3Oc3nc4c(c(N)c32)CCCC4)ccc1O.Cl. The summed E-state index contributed by atoms with van der Waals surface area (Å²) < 4.78 is 11.9. The van der Waals surface area contributed by atoms with Gasteiger partial charge in [-0.25, -0.2) is 4.98 Å². The van der Waals surface area contributed by atoms with E-state index in [1.54, 1.807) is 13.2 Å². The van der Waals surface area contributed by atoms with Gasteiger partial charge in [-0.3, -0.25) is 0 Å². The first-order valence-corrected chi connectivity index (χ1v) is 11.0. The van der Waals surface area contributed by atoms with Crippen molar-refractivity contribution in [1.29, 1.82) is 0 Å². The van der Waals surface area contributed by atoms with Gasteiger partial charge in [-0.05, 0) is 54.3 Å². The Morgan fingerprint density at radius 3 is 2.73 bits per heavy atom. The zero-order valence-corrected chi connectivity index (χ0v) is 19.1. The van der Waals surface area contributed by atoms with Gasteiger partial charge in [0, 0.05) is 33.8 Å². The number of benzene rings is 3.